The lowest BCUT2D eigenvalue weighted by Gasteiger charge is -2.51. The van der Waals surface area contributed by atoms with E-state index in [0.29, 0.717) is 35.2 Å². The van der Waals surface area contributed by atoms with Crippen molar-refractivity contribution in [3.8, 4) is 11.5 Å². The normalized spacial score (nSPS) is 29.0. The van der Waals surface area contributed by atoms with Crippen molar-refractivity contribution in [2.45, 2.75) is 56.7 Å². The van der Waals surface area contributed by atoms with Gasteiger partial charge < -0.3 is 14.4 Å². The first kappa shape index (κ1) is 16.7. The summed E-state index contributed by atoms with van der Waals surface area (Å²) in [5, 5.41) is 0. The highest BCUT2D eigenvalue weighted by atomic mass is 16.5. The number of benzene rings is 1. The second-order valence-electron chi connectivity index (χ2n) is 7.45. The van der Waals surface area contributed by atoms with Gasteiger partial charge in [-0.2, -0.15) is 0 Å². The number of hydrogen-bond donors (Lipinski definition) is 0. The molecule has 0 unspecified atom stereocenters. The van der Waals surface area contributed by atoms with Crippen LogP contribution in [0.25, 0.3) is 0 Å². The minimum atomic E-state index is 0.0674. The van der Waals surface area contributed by atoms with Crippen molar-refractivity contribution in [2.75, 3.05) is 27.3 Å². The highest BCUT2D eigenvalue weighted by Crippen LogP contribution is 2.39. The van der Waals surface area contributed by atoms with Crippen LogP contribution in [0.3, 0.4) is 0 Å². The number of rotatable bonds is 3. The molecule has 2 saturated heterocycles. The van der Waals surface area contributed by atoms with E-state index >= 15 is 0 Å². The van der Waals surface area contributed by atoms with Crippen LogP contribution in [0, 0.1) is 0 Å². The quantitative estimate of drug-likeness (QED) is 0.845. The summed E-state index contributed by atoms with van der Waals surface area (Å²) >= 11 is 0. The molecule has 2 heterocycles. The third kappa shape index (κ3) is 2.78. The van der Waals surface area contributed by atoms with Crippen molar-refractivity contribution >= 4 is 5.91 Å². The van der Waals surface area contributed by atoms with Gasteiger partial charge in [-0.15, -0.1) is 0 Å². The lowest BCUT2D eigenvalue weighted by Crippen LogP contribution is -2.64. The SMILES string of the molecule is COc1cccc(OC)c1C(=O)N1C[C@@H]2CCCN2[C@@H]2CCCC[C@@H]21. The lowest BCUT2D eigenvalue weighted by molar-refractivity contribution is -0.0135. The Bertz CT molecular complexity index is 626. The van der Waals surface area contributed by atoms with Gasteiger partial charge in [-0.1, -0.05) is 18.9 Å². The Kier molecular flexibility index (Phi) is 4.59. The van der Waals surface area contributed by atoms with Crippen LogP contribution in [0.1, 0.15) is 48.9 Å². The predicted molar refractivity (Wildman–Crippen MR) is 96.4 cm³/mol. The van der Waals surface area contributed by atoms with Crippen molar-refractivity contribution in [1.82, 2.24) is 9.80 Å². The van der Waals surface area contributed by atoms with Gasteiger partial charge in [0.25, 0.3) is 5.91 Å². The van der Waals surface area contributed by atoms with Crippen LogP contribution in [0.15, 0.2) is 18.2 Å². The summed E-state index contributed by atoms with van der Waals surface area (Å²) < 4.78 is 11.0. The molecule has 4 rings (SSSR count). The molecule has 3 atom stereocenters. The highest BCUT2D eigenvalue weighted by Gasteiger charge is 2.46. The molecule has 1 amide bonds. The summed E-state index contributed by atoms with van der Waals surface area (Å²) in [4.78, 5) is 18.4. The first-order valence-corrected chi connectivity index (χ1v) is 9.52. The van der Waals surface area contributed by atoms with Crippen molar-refractivity contribution in [3.05, 3.63) is 23.8 Å². The fraction of sp³-hybridized carbons (Fsp3) is 0.650. The zero-order chi connectivity index (χ0) is 17.4. The molecule has 3 aliphatic rings. The Morgan fingerprint density at radius 1 is 1.00 bits per heavy atom. The number of ether oxygens (including phenoxy) is 2. The van der Waals surface area contributed by atoms with Gasteiger partial charge >= 0.3 is 0 Å². The fourth-order valence-corrected chi connectivity index (χ4v) is 5.13. The van der Waals surface area contributed by atoms with Crippen LogP contribution in [-0.4, -0.2) is 61.1 Å². The number of methoxy groups -OCH3 is 2. The highest BCUT2D eigenvalue weighted by molar-refractivity contribution is 6.00. The van der Waals surface area contributed by atoms with E-state index in [1.165, 1.54) is 38.6 Å². The number of piperazine rings is 1. The molecule has 3 fully saturated rings. The average molecular weight is 344 g/mol. The summed E-state index contributed by atoms with van der Waals surface area (Å²) in [6.07, 6.45) is 7.28. The Morgan fingerprint density at radius 2 is 1.68 bits per heavy atom. The Hall–Kier alpha value is -1.75. The molecule has 0 spiro atoms. The van der Waals surface area contributed by atoms with Crippen LogP contribution >= 0.6 is 0 Å². The van der Waals surface area contributed by atoms with Crippen LogP contribution in [0.4, 0.5) is 0 Å². The molecule has 1 saturated carbocycles. The molecule has 0 bridgehead atoms. The summed E-state index contributed by atoms with van der Waals surface area (Å²) in [7, 11) is 3.23. The summed E-state index contributed by atoms with van der Waals surface area (Å²) in [6.45, 7) is 2.03. The maximum absolute atomic E-state index is 13.6. The van der Waals surface area contributed by atoms with Gasteiger partial charge in [0.2, 0.25) is 0 Å². The molecule has 136 valence electrons. The third-order valence-electron chi connectivity index (χ3n) is 6.25. The van der Waals surface area contributed by atoms with E-state index in [9.17, 15) is 4.79 Å². The monoisotopic (exact) mass is 344 g/mol. The molecule has 0 aromatic heterocycles. The Labute approximate surface area is 149 Å². The second-order valence-corrected chi connectivity index (χ2v) is 7.45. The first-order chi connectivity index (χ1) is 12.2. The van der Waals surface area contributed by atoms with Gasteiger partial charge in [0.15, 0.2) is 0 Å². The van der Waals surface area contributed by atoms with E-state index in [-0.39, 0.29) is 5.91 Å². The Morgan fingerprint density at radius 3 is 2.36 bits per heavy atom. The molecule has 2 aliphatic heterocycles. The van der Waals surface area contributed by atoms with E-state index in [2.05, 4.69) is 9.80 Å². The van der Waals surface area contributed by atoms with E-state index in [0.717, 1.165) is 13.0 Å². The average Bonchev–Trinajstić information content (AvgIpc) is 3.15. The minimum Gasteiger partial charge on any atom is -0.496 e. The standard InChI is InChI=1S/C20H28N2O3/c1-24-17-10-5-11-18(25-2)19(17)20(23)22-13-14-7-6-12-21(14)15-8-3-4-9-16(15)22/h5,10-11,14-16H,3-4,6-9,12-13H2,1-2H3/t14-,15+,16-/m0/s1. The van der Waals surface area contributed by atoms with Gasteiger partial charge in [-0.25, -0.2) is 0 Å². The minimum absolute atomic E-state index is 0.0674. The number of carbonyl (C=O) groups excluding carboxylic acids is 1. The maximum Gasteiger partial charge on any atom is 0.261 e. The van der Waals surface area contributed by atoms with Crippen LogP contribution in [-0.2, 0) is 0 Å². The van der Waals surface area contributed by atoms with E-state index in [4.69, 9.17) is 9.47 Å². The molecule has 1 aliphatic carbocycles. The van der Waals surface area contributed by atoms with Crippen molar-refractivity contribution < 1.29 is 14.3 Å². The largest absolute Gasteiger partial charge is 0.496 e. The Balaban J connectivity index is 1.69. The van der Waals surface area contributed by atoms with Crippen molar-refractivity contribution in [1.29, 1.82) is 0 Å². The van der Waals surface area contributed by atoms with Crippen LogP contribution in [0.2, 0.25) is 0 Å². The number of amides is 1. The third-order valence-corrected chi connectivity index (χ3v) is 6.25. The number of nitrogens with zero attached hydrogens (tertiary/aromatic N) is 2. The molecule has 1 aromatic rings. The fourth-order valence-electron chi connectivity index (χ4n) is 5.13. The maximum atomic E-state index is 13.6. The van der Waals surface area contributed by atoms with Crippen molar-refractivity contribution in [2.24, 2.45) is 0 Å². The molecule has 5 heteroatoms. The van der Waals surface area contributed by atoms with E-state index in [1.54, 1.807) is 14.2 Å². The van der Waals surface area contributed by atoms with Gasteiger partial charge in [0.05, 0.1) is 14.2 Å². The lowest BCUT2D eigenvalue weighted by atomic mass is 9.84. The molecular weight excluding hydrogens is 316 g/mol. The van der Waals surface area contributed by atoms with Crippen molar-refractivity contribution in [3.63, 3.8) is 0 Å². The van der Waals surface area contributed by atoms with Gasteiger partial charge in [-0.05, 0) is 44.4 Å². The molecule has 25 heavy (non-hydrogen) atoms. The second kappa shape index (κ2) is 6.87. The summed E-state index contributed by atoms with van der Waals surface area (Å²) in [5.74, 6) is 1.27. The molecule has 1 aromatic carbocycles. The first-order valence-electron chi connectivity index (χ1n) is 9.52. The number of hydrogen-bond acceptors (Lipinski definition) is 4. The zero-order valence-electron chi connectivity index (χ0n) is 15.2. The summed E-state index contributed by atoms with van der Waals surface area (Å²) in [6, 6.07) is 6.93. The number of fused-ring (bicyclic) bond motifs is 3. The van der Waals surface area contributed by atoms with E-state index < -0.39 is 0 Å². The number of carbonyl (C=O) groups is 1. The molecular formula is C20H28N2O3. The predicted octanol–water partition coefficient (Wildman–Crippen LogP) is 2.94. The summed E-state index contributed by atoms with van der Waals surface area (Å²) in [5.41, 5.74) is 0.572. The van der Waals surface area contributed by atoms with Crippen LogP contribution in [0.5, 0.6) is 11.5 Å². The molecule has 0 N–H and O–H groups in total. The molecule has 5 nitrogen and oxygen atoms in total. The van der Waals surface area contributed by atoms with E-state index in [1.807, 2.05) is 18.2 Å². The van der Waals surface area contributed by atoms with Gasteiger partial charge in [0, 0.05) is 24.7 Å². The van der Waals surface area contributed by atoms with Crippen LogP contribution < -0.4 is 9.47 Å². The van der Waals surface area contributed by atoms with Gasteiger partial charge in [-0.3, -0.25) is 9.69 Å². The zero-order valence-corrected chi connectivity index (χ0v) is 15.2. The topological polar surface area (TPSA) is 42.0 Å². The molecule has 0 radical (unpaired) electrons. The van der Waals surface area contributed by atoms with Gasteiger partial charge in [0.1, 0.15) is 17.1 Å². The smallest absolute Gasteiger partial charge is 0.261 e.